The van der Waals surface area contributed by atoms with E-state index in [1.54, 1.807) is 0 Å². The number of hydrogen-bond donors (Lipinski definition) is 0. The molecule has 0 aromatic heterocycles. The van der Waals surface area contributed by atoms with Crippen LogP contribution >= 0.6 is 0 Å². The van der Waals surface area contributed by atoms with Crippen LogP contribution in [0.25, 0.3) is 0 Å². The van der Waals surface area contributed by atoms with Gasteiger partial charge in [0, 0.05) is 6.42 Å². The van der Waals surface area contributed by atoms with Gasteiger partial charge < -0.3 is 0 Å². The minimum Gasteiger partial charge on any atom is -0.262 e. The number of fused-ring (bicyclic) bond motifs is 1. The molecule has 0 amide bonds. The van der Waals surface area contributed by atoms with Crippen molar-refractivity contribution in [3.05, 3.63) is 35.4 Å². The van der Waals surface area contributed by atoms with Crippen molar-refractivity contribution < 1.29 is 12.6 Å². The van der Waals surface area contributed by atoms with Gasteiger partial charge >= 0.3 is 0 Å². The van der Waals surface area contributed by atoms with Crippen LogP contribution in [-0.2, 0) is 20.7 Å². The van der Waals surface area contributed by atoms with Crippen LogP contribution in [0.2, 0.25) is 0 Å². The van der Waals surface area contributed by atoms with Gasteiger partial charge in [-0.3, -0.25) is 4.18 Å². The van der Waals surface area contributed by atoms with Crippen molar-refractivity contribution in [2.75, 3.05) is 6.26 Å². The van der Waals surface area contributed by atoms with E-state index >= 15 is 0 Å². The van der Waals surface area contributed by atoms with Gasteiger partial charge in [0.2, 0.25) is 0 Å². The van der Waals surface area contributed by atoms with E-state index in [9.17, 15) is 8.42 Å². The molecule has 0 heterocycles. The summed E-state index contributed by atoms with van der Waals surface area (Å²) in [6.45, 7) is 0. The first-order valence-electron chi connectivity index (χ1n) is 4.02. The fourth-order valence-corrected chi connectivity index (χ4v) is 2.10. The molecular weight excluding hydrogens is 188 g/mol. The summed E-state index contributed by atoms with van der Waals surface area (Å²) in [6.07, 6.45) is 1.52. The van der Waals surface area contributed by atoms with E-state index in [2.05, 4.69) is 0 Å². The number of hydrogen-bond acceptors (Lipinski definition) is 3. The first-order chi connectivity index (χ1) is 6.06. The average molecular weight is 198 g/mol. The van der Waals surface area contributed by atoms with Crippen molar-refractivity contribution in [1.82, 2.24) is 0 Å². The quantitative estimate of drug-likeness (QED) is 0.672. The maximum Gasteiger partial charge on any atom is 0.264 e. The van der Waals surface area contributed by atoms with Crippen LogP contribution in [0.4, 0.5) is 0 Å². The van der Waals surface area contributed by atoms with Gasteiger partial charge in [0.15, 0.2) is 0 Å². The molecule has 2 rings (SSSR count). The molecule has 0 spiro atoms. The molecule has 1 aliphatic carbocycles. The summed E-state index contributed by atoms with van der Waals surface area (Å²) < 4.78 is 26.5. The summed E-state index contributed by atoms with van der Waals surface area (Å²) in [6, 6.07) is 7.71. The van der Waals surface area contributed by atoms with Crippen LogP contribution in [0.5, 0.6) is 0 Å². The van der Waals surface area contributed by atoms with Crippen LogP contribution in [-0.4, -0.2) is 14.7 Å². The van der Waals surface area contributed by atoms with E-state index in [1.165, 1.54) is 5.56 Å². The Morgan fingerprint density at radius 3 is 2.69 bits per heavy atom. The molecule has 13 heavy (non-hydrogen) atoms. The van der Waals surface area contributed by atoms with E-state index in [4.69, 9.17) is 4.18 Å². The van der Waals surface area contributed by atoms with Gasteiger partial charge in [-0.1, -0.05) is 24.3 Å². The highest BCUT2D eigenvalue weighted by Crippen LogP contribution is 2.36. The molecule has 0 saturated heterocycles. The maximum atomic E-state index is 10.8. The molecule has 4 heteroatoms. The van der Waals surface area contributed by atoms with Crippen LogP contribution in [0.1, 0.15) is 17.2 Å². The number of benzene rings is 1. The lowest BCUT2D eigenvalue weighted by atomic mass is 9.86. The topological polar surface area (TPSA) is 43.4 Å². The Hall–Kier alpha value is -0.870. The molecule has 1 atom stereocenters. The fraction of sp³-hybridized carbons (Fsp3) is 0.333. The molecule has 0 N–H and O–H groups in total. The van der Waals surface area contributed by atoms with E-state index in [-0.39, 0.29) is 6.10 Å². The van der Waals surface area contributed by atoms with Crippen molar-refractivity contribution in [3.63, 3.8) is 0 Å². The first kappa shape index (κ1) is 8.72. The second kappa shape index (κ2) is 2.82. The van der Waals surface area contributed by atoms with Gasteiger partial charge in [0.1, 0.15) is 6.10 Å². The Morgan fingerprint density at radius 1 is 1.38 bits per heavy atom. The molecule has 3 nitrogen and oxygen atoms in total. The molecule has 0 radical (unpaired) electrons. The summed E-state index contributed by atoms with van der Waals surface area (Å²) in [5.74, 6) is 0. The van der Waals surface area contributed by atoms with Gasteiger partial charge in [0.05, 0.1) is 6.26 Å². The molecule has 0 fully saturated rings. The predicted molar refractivity (Wildman–Crippen MR) is 48.8 cm³/mol. The van der Waals surface area contributed by atoms with Gasteiger partial charge in [-0.05, 0) is 11.1 Å². The third-order valence-corrected chi connectivity index (χ3v) is 2.68. The smallest absolute Gasteiger partial charge is 0.262 e. The highest BCUT2D eigenvalue weighted by atomic mass is 32.2. The highest BCUT2D eigenvalue weighted by molar-refractivity contribution is 7.86. The predicted octanol–water partition coefficient (Wildman–Crippen LogP) is 1.26. The fourth-order valence-electron chi connectivity index (χ4n) is 1.51. The third kappa shape index (κ3) is 1.73. The molecule has 1 aromatic rings. The SMILES string of the molecule is CS(=O)(=O)OC1Cc2ccccc21. The molecule has 70 valence electrons. The summed E-state index contributed by atoms with van der Waals surface area (Å²) in [7, 11) is -3.33. The molecule has 1 aromatic carbocycles. The monoisotopic (exact) mass is 198 g/mol. The lowest BCUT2D eigenvalue weighted by Crippen LogP contribution is -2.22. The number of rotatable bonds is 2. The molecule has 1 aliphatic rings. The normalized spacial score (nSPS) is 20.5. The van der Waals surface area contributed by atoms with Crippen molar-refractivity contribution in [2.24, 2.45) is 0 Å². The third-order valence-electron chi connectivity index (χ3n) is 2.10. The minimum absolute atomic E-state index is 0.258. The van der Waals surface area contributed by atoms with E-state index in [1.807, 2.05) is 24.3 Å². The zero-order chi connectivity index (χ0) is 9.47. The summed E-state index contributed by atoms with van der Waals surface area (Å²) >= 11 is 0. The summed E-state index contributed by atoms with van der Waals surface area (Å²) in [5.41, 5.74) is 2.17. The standard InChI is InChI=1S/C9H10O3S/c1-13(10,11)12-9-6-7-4-2-3-5-8(7)9/h2-5,9H,6H2,1H3. The van der Waals surface area contributed by atoms with Crippen molar-refractivity contribution in [1.29, 1.82) is 0 Å². The van der Waals surface area contributed by atoms with Crippen molar-refractivity contribution >= 4 is 10.1 Å². The van der Waals surface area contributed by atoms with Crippen LogP contribution in [0.3, 0.4) is 0 Å². The van der Waals surface area contributed by atoms with Crippen molar-refractivity contribution in [3.8, 4) is 0 Å². The van der Waals surface area contributed by atoms with E-state index in [0.717, 1.165) is 11.8 Å². The molecule has 0 bridgehead atoms. The van der Waals surface area contributed by atoms with Crippen LogP contribution in [0.15, 0.2) is 24.3 Å². The summed E-state index contributed by atoms with van der Waals surface area (Å²) in [4.78, 5) is 0. The lowest BCUT2D eigenvalue weighted by molar-refractivity contribution is 0.191. The summed E-state index contributed by atoms with van der Waals surface area (Å²) in [5, 5.41) is 0. The molecule has 0 saturated carbocycles. The molecule has 0 aliphatic heterocycles. The van der Waals surface area contributed by atoms with Crippen molar-refractivity contribution in [2.45, 2.75) is 12.5 Å². The maximum absolute atomic E-state index is 10.8. The zero-order valence-corrected chi connectivity index (χ0v) is 8.04. The van der Waals surface area contributed by atoms with Crippen LogP contribution < -0.4 is 0 Å². The Morgan fingerprint density at radius 2 is 2.08 bits per heavy atom. The Kier molecular flexibility index (Phi) is 1.89. The van der Waals surface area contributed by atoms with E-state index in [0.29, 0.717) is 6.42 Å². The second-order valence-electron chi connectivity index (χ2n) is 3.19. The lowest BCUT2D eigenvalue weighted by Gasteiger charge is -2.28. The van der Waals surface area contributed by atoms with Gasteiger partial charge in [-0.15, -0.1) is 0 Å². The van der Waals surface area contributed by atoms with Crippen LogP contribution in [0, 0.1) is 0 Å². The Bertz CT molecular complexity index is 422. The first-order valence-corrected chi connectivity index (χ1v) is 5.84. The minimum atomic E-state index is -3.33. The highest BCUT2D eigenvalue weighted by Gasteiger charge is 2.29. The molecule has 1 unspecified atom stereocenters. The van der Waals surface area contributed by atoms with Gasteiger partial charge in [0.25, 0.3) is 10.1 Å². The largest absolute Gasteiger partial charge is 0.264 e. The van der Waals surface area contributed by atoms with E-state index < -0.39 is 10.1 Å². The Labute approximate surface area is 77.5 Å². The molecular formula is C9H10O3S. The second-order valence-corrected chi connectivity index (χ2v) is 4.79. The van der Waals surface area contributed by atoms with Gasteiger partial charge in [-0.25, -0.2) is 0 Å². The Balaban J connectivity index is 2.19. The van der Waals surface area contributed by atoms with Gasteiger partial charge in [-0.2, -0.15) is 8.42 Å². The zero-order valence-electron chi connectivity index (χ0n) is 7.23. The average Bonchev–Trinajstić information content (AvgIpc) is 1.99.